The van der Waals surface area contributed by atoms with Gasteiger partial charge in [-0.15, -0.1) is 0 Å². The molecule has 0 amide bonds. The van der Waals surface area contributed by atoms with Crippen LogP contribution < -0.4 is 4.89 Å². The third kappa shape index (κ3) is 42.8. The molecule has 0 aliphatic rings. The van der Waals surface area contributed by atoms with Gasteiger partial charge in [0.2, 0.25) is 0 Å². The second-order valence-electron chi connectivity index (χ2n) is 15.3. The minimum atomic E-state index is -4.55. The summed E-state index contributed by atoms with van der Waals surface area (Å²) in [5, 5.41) is 0. The average Bonchev–Trinajstić information content (AvgIpc) is 3.15. The minimum absolute atomic E-state index is 0.00857. The number of unbranched alkanes of at least 4 members (excludes halogenated alkanes) is 11. The topological polar surface area (TPSA) is 94.1 Å². The molecule has 0 rings (SSSR count). The van der Waals surface area contributed by atoms with Crippen molar-refractivity contribution in [1.82, 2.24) is 0 Å². The maximum absolute atomic E-state index is 12.7. The third-order valence-corrected chi connectivity index (χ3v) is 9.64. The van der Waals surface area contributed by atoms with Crippen LogP contribution in [0.2, 0.25) is 0 Å². The number of esters is 1. The number of allylic oxidation sites excluding steroid dienone is 14. The number of carbonyl (C=O) groups excluding carboxylic acids is 1. The number of rotatable bonds is 39. The van der Waals surface area contributed by atoms with Crippen LogP contribution in [0.3, 0.4) is 0 Å². The Hall–Kier alpha value is -2.32. The summed E-state index contributed by atoms with van der Waals surface area (Å²) in [5.74, 6) is -0.398. The first-order valence-corrected chi connectivity index (χ1v) is 23.3. The van der Waals surface area contributed by atoms with Crippen molar-refractivity contribution < 1.29 is 37.3 Å². The van der Waals surface area contributed by atoms with Crippen molar-refractivity contribution in [3.05, 3.63) is 85.1 Å². The zero-order valence-electron chi connectivity index (χ0n) is 36.3. The molecule has 0 N–H and O–H groups in total. The van der Waals surface area contributed by atoms with Crippen molar-refractivity contribution in [2.45, 2.75) is 155 Å². The van der Waals surface area contributed by atoms with Gasteiger partial charge in [0, 0.05) is 13.0 Å². The highest BCUT2D eigenvalue weighted by Gasteiger charge is 2.20. The molecule has 0 fully saturated rings. The molecule has 0 saturated heterocycles. The highest BCUT2D eigenvalue weighted by Crippen LogP contribution is 2.38. The quantitative estimate of drug-likeness (QED) is 0.0201. The Balaban J connectivity index is 4.38. The monoisotopic (exact) mass is 804 g/mol. The van der Waals surface area contributed by atoms with Gasteiger partial charge in [-0.2, -0.15) is 0 Å². The minimum Gasteiger partial charge on any atom is -0.756 e. The van der Waals surface area contributed by atoms with Crippen molar-refractivity contribution in [3.8, 4) is 0 Å². The molecule has 0 saturated carbocycles. The molecule has 0 aromatic heterocycles. The van der Waals surface area contributed by atoms with Gasteiger partial charge in [0.25, 0.3) is 7.82 Å². The first kappa shape index (κ1) is 53.7. The number of carbonyl (C=O) groups is 1. The predicted molar refractivity (Wildman–Crippen MR) is 235 cm³/mol. The summed E-state index contributed by atoms with van der Waals surface area (Å²) in [7, 11) is 1.30. The maximum Gasteiger partial charge on any atom is 0.306 e. The van der Waals surface area contributed by atoms with Gasteiger partial charge in [-0.3, -0.25) is 9.36 Å². The van der Waals surface area contributed by atoms with Gasteiger partial charge in [0.15, 0.2) is 0 Å². The lowest BCUT2D eigenvalue weighted by atomic mass is 10.1. The summed E-state index contributed by atoms with van der Waals surface area (Å²) in [6.07, 6.45) is 51.7. The van der Waals surface area contributed by atoms with Crippen LogP contribution in [0.5, 0.6) is 0 Å². The van der Waals surface area contributed by atoms with Crippen LogP contribution in [-0.4, -0.2) is 70.7 Å². The predicted octanol–water partition coefficient (Wildman–Crippen LogP) is 12.2. The Morgan fingerprint density at radius 2 is 1.04 bits per heavy atom. The van der Waals surface area contributed by atoms with Crippen LogP contribution in [0.1, 0.15) is 149 Å². The highest BCUT2D eigenvalue weighted by atomic mass is 31.2. The van der Waals surface area contributed by atoms with E-state index in [0.29, 0.717) is 24.1 Å². The zero-order chi connectivity index (χ0) is 41.3. The molecule has 322 valence electrons. The smallest absolute Gasteiger partial charge is 0.306 e. The molecule has 8 nitrogen and oxygen atoms in total. The SMILES string of the molecule is CC/C=C\C/C=C\C/C=C\C/C=C\C/C=C\CCCC(=O)OC(COCCCCCCCC/C=C\C/C=C\CCCCCC)COP(=O)([O-])OCC[N+](C)(C)C. The molecule has 9 heteroatoms. The Morgan fingerprint density at radius 3 is 1.55 bits per heavy atom. The molecule has 2 unspecified atom stereocenters. The van der Waals surface area contributed by atoms with Gasteiger partial charge in [0.1, 0.15) is 19.3 Å². The van der Waals surface area contributed by atoms with Gasteiger partial charge >= 0.3 is 5.97 Å². The average molecular weight is 804 g/mol. The fraction of sp³-hybridized carbons (Fsp3) is 0.681. The van der Waals surface area contributed by atoms with E-state index in [4.69, 9.17) is 18.5 Å². The largest absolute Gasteiger partial charge is 0.756 e. The molecular formula is C47H82NO7P. The van der Waals surface area contributed by atoms with Crippen molar-refractivity contribution in [2.24, 2.45) is 0 Å². The highest BCUT2D eigenvalue weighted by molar-refractivity contribution is 7.45. The van der Waals surface area contributed by atoms with Gasteiger partial charge in [0.05, 0.1) is 34.4 Å². The Labute approximate surface area is 344 Å². The standard InChI is InChI=1S/C47H82NO7P/c1-6-8-10-12-14-16-18-20-22-24-26-28-30-32-34-36-38-40-47(49)55-46(45-54-56(50,51)53-43-41-48(3,4)5)44-52-42-39-37-35-33-31-29-27-25-23-21-19-17-15-13-11-9-7-2/h8,10,14,16-17,19-20,22-23,25-26,28,32,34,46H,6-7,9,11-13,15,18,21,24,27,29-31,33,35-45H2,1-5H3/b10-8-,16-14-,19-17-,22-20-,25-23-,28-26-,34-32-. The van der Waals surface area contributed by atoms with E-state index in [9.17, 15) is 14.3 Å². The van der Waals surface area contributed by atoms with E-state index in [0.717, 1.165) is 70.6 Å². The van der Waals surface area contributed by atoms with Crippen LogP contribution in [0.4, 0.5) is 0 Å². The lowest BCUT2D eigenvalue weighted by Gasteiger charge is -2.28. The molecule has 0 bridgehead atoms. The van der Waals surface area contributed by atoms with E-state index in [1.54, 1.807) is 0 Å². The Kier molecular flexibility index (Phi) is 37.9. The Morgan fingerprint density at radius 1 is 0.571 bits per heavy atom. The summed E-state index contributed by atoms with van der Waals surface area (Å²) in [5.41, 5.74) is 0. The van der Waals surface area contributed by atoms with Crippen molar-refractivity contribution in [3.63, 3.8) is 0 Å². The molecule has 0 heterocycles. The number of hydrogen-bond donors (Lipinski definition) is 0. The zero-order valence-corrected chi connectivity index (χ0v) is 37.2. The first-order valence-electron chi connectivity index (χ1n) is 21.8. The summed E-state index contributed by atoms with van der Waals surface area (Å²) in [4.78, 5) is 25.0. The molecule has 0 radical (unpaired) electrons. The van der Waals surface area contributed by atoms with Gasteiger partial charge in [-0.25, -0.2) is 0 Å². The first-order chi connectivity index (χ1) is 27.1. The van der Waals surface area contributed by atoms with E-state index in [1.807, 2.05) is 21.1 Å². The summed E-state index contributed by atoms with van der Waals surface area (Å²) >= 11 is 0. The summed E-state index contributed by atoms with van der Waals surface area (Å²) < 4.78 is 34.5. The van der Waals surface area contributed by atoms with Gasteiger partial charge in [-0.1, -0.05) is 144 Å². The molecule has 0 aromatic carbocycles. The van der Waals surface area contributed by atoms with Crippen molar-refractivity contribution >= 4 is 13.8 Å². The van der Waals surface area contributed by atoms with Crippen LogP contribution >= 0.6 is 7.82 Å². The van der Waals surface area contributed by atoms with E-state index in [-0.39, 0.29) is 26.2 Å². The second kappa shape index (κ2) is 39.5. The molecule has 0 spiro atoms. The maximum atomic E-state index is 12.7. The van der Waals surface area contributed by atoms with E-state index < -0.39 is 19.9 Å². The summed E-state index contributed by atoms with van der Waals surface area (Å²) in [6, 6.07) is 0. The molecule has 0 aliphatic carbocycles. The van der Waals surface area contributed by atoms with Crippen LogP contribution in [0, 0.1) is 0 Å². The number of quaternary nitrogens is 1. The molecule has 0 aliphatic heterocycles. The van der Waals surface area contributed by atoms with Crippen LogP contribution in [0.15, 0.2) is 85.1 Å². The molecule has 2 atom stereocenters. The second-order valence-corrected chi connectivity index (χ2v) is 16.7. The van der Waals surface area contributed by atoms with Crippen LogP contribution in [0.25, 0.3) is 0 Å². The Bertz CT molecular complexity index is 1170. The number of phosphoric acid groups is 1. The van der Waals surface area contributed by atoms with E-state index in [1.165, 1.54) is 51.4 Å². The van der Waals surface area contributed by atoms with Crippen molar-refractivity contribution in [2.75, 3.05) is 54.1 Å². The third-order valence-electron chi connectivity index (χ3n) is 8.68. The van der Waals surface area contributed by atoms with E-state index in [2.05, 4.69) is 98.9 Å². The number of hydrogen-bond acceptors (Lipinski definition) is 7. The van der Waals surface area contributed by atoms with Gasteiger partial charge in [-0.05, 0) is 83.5 Å². The molecule has 56 heavy (non-hydrogen) atoms. The van der Waals surface area contributed by atoms with Gasteiger partial charge < -0.3 is 27.9 Å². The summed E-state index contributed by atoms with van der Waals surface area (Å²) in [6.45, 7) is 5.15. The van der Waals surface area contributed by atoms with Crippen LogP contribution in [-0.2, 0) is 27.9 Å². The number of likely N-dealkylation sites (N-methyl/N-ethyl adjacent to an activating group) is 1. The fourth-order valence-corrected chi connectivity index (χ4v) is 6.04. The molecule has 0 aromatic rings. The number of phosphoric ester groups is 1. The van der Waals surface area contributed by atoms with Crippen molar-refractivity contribution in [1.29, 1.82) is 0 Å². The lowest BCUT2D eigenvalue weighted by Crippen LogP contribution is -2.37. The number of nitrogens with zero attached hydrogens (tertiary/aromatic N) is 1. The van der Waals surface area contributed by atoms with E-state index >= 15 is 0 Å². The normalized spacial score (nSPS) is 14.6. The number of ether oxygens (including phenoxy) is 2. The molecular weight excluding hydrogens is 721 g/mol. The fourth-order valence-electron chi connectivity index (χ4n) is 5.32. The lowest BCUT2D eigenvalue weighted by molar-refractivity contribution is -0.870.